The molecule has 4 unspecified atom stereocenters. The van der Waals surface area contributed by atoms with Crippen LogP contribution in [0.4, 0.5) is 4.39 Å². The number of nitrogens with one attached hydrogen (secondary N) is 1. The maximum atomic E-state index is 13.7. The number of benzene rings is 1. The Morgan fingerprint density at radius 1 is 1.37 bits per heavy atom. The molecule has 4 atom stereocenters. The van der Waals surface area contributed by atoms with Crippen molar-refractivity contribution in [3.8, 4) is 0 Å². The van der Waals surface area contributed by atoms with Crippen LogP contribution in [0.25, 0.3) is 5.70 Å². The SMILES string of the molecule is CC(O)C(CO)OC(Sc1cc(Cl)c(F)c(Cl)c1)C(O)CN/C=C(\N)c1cccs1. The Morgan fingerprint density at radius 3 is 2.57 bits per heavy atom. The van der Waals surface area contributed by atoms with E-state index in [1.54, 1.807) is 6.20 Å². The first-order valence-electron chi connectivity index (χ1n) is 8.89. The smallest absolute Gasteiger partial charge is 0.160 e. The maximum absolute atomic E-state index is 13.7. The number of ether oxygens (including phenoxy) is 1. The van der Waals surface area contributed by atoms with Crippen LogP contribution in [0, 0.1) is 5.82 Å². The second-order valence-corrected chi connectivity index (χ2v) is 9.27. The number of hydrogen-bond acceptors (Lipinski definition) is 8. The summed E-state index contributed by atoms with van der Waals surface area (Å²) in [5.74, 6) is -0.742. The summed E-state index contributed by atoms with van der Waals surface area (Å²) >= 11 is 14.2. The zero-order chi connectivity index (χ0) is 22.3. The van der Waals surface area contributed by atoms with Crippen LogP contribution >= 0.6 is 46.3 Å². The second-order valence-electron chi connectivity index (χ2n) is 6.34. The highest BCUT2D eigenvalue weighted by atomic mass is 35.5. The van der Waals surface area contributed by atoms with Crippen molar-refractivity contribution >= 4 is 52.0 Å². The number of thioether (sulfide) groups is 1. The molecule has 6 N–H and O–H groups in total. The molecule has 0 aliphatic rings. The van der Waals surface area contributed by atoms with Crippen LogP contribution in [0.2, 0.25) is 10.0 Å². The van der Waals surface area contributed by atoms with E-state index in [4.69, 9.17) is 33.7 Å². The molecule has 6 nitrogen and oxygen atoms in total. The largest absolute Gasteiger partial charge is 0.396 e. The number of nitrogens with two attached hydrogens (primary N) is 1. The van der Waals surface area contributed by atoms with Gasteiger partial charge in [-0.15, -0.1) is 11.3 Å². The Hall–Kier alpha value is -1.04. The molecule has 0 saturated heterocycles. The summed E-state index contributed by atoms with van der Waals surface area (Å²) in [6, 6.07) is 6.46. The van der Waals surface area contributed by atoms with Crippen LogP contribution in [0.15, 0.2) is 40.7 Å². The molecule has 30 heavy (non-hydrogen) atoms. The monoisotopic (exact) mass is 496 g/mol. The maximum Gasteiger partial charge on any atom is 0.160 e. The minimum Gasteiger partial charge on any atom is -0.396 e. The van der Waals surface area contributed by atoms with Gasteiger partial charge in [0.15, 0.2) is 5.82 Å². The molecule has 0 aliphatic heterocycles. The molecule has 166 valence electrons. The van der Waals surface area contributed by atoms with Crippen molar-refractivity contribution in [3.05, 3.63) is 56.6 Å². The molecule has 0 amide bonds. The van der Waals surface area contributed by atoms with Gasteiger partial charge in [-0.2, -0.15) is 0 Å². The van der Waals surface area contributed by atoms with Crippen molar-refractivity contribution < 1.29 is 24.4 Å². The summed E-state index contributed by atoms with van der Waals surface area (Å²) in [5.41, 5.74) is 5.55. The molecule has 1 aromatic carbocycles. The molecule has 0 saturated carbocycles. The van der Waals surface area contributed by atoms with E-state index < -0.39 is 36.2 Å². The molecule has 1 aromatic heterocycles. The first-order valence-corrected chi connectivity index (χ1v) is 11.4. The third-order valence-electron chi connectivity index (χ3n) is 3.94. The Balaban J connectivity index is 2.12. The van der Waals surface area contributed by atoms with Gasteiger partial charge in [-0.3, -0.25) is 0 Å². The van der Waals surface area contributed by atoms with Gasteiger partial charge in [0.25, 0.3) is 0 Å². The topological polar surface area (TPSA) is 108 Å². The molecule has 11 heteroatoms. The predicted molar refractivity (Wildman–Crippen MR) is 120 cm³/mol. The Morgan fingerprint density at radius 2 is 2.03 bits per heavy atom. The summed E-state index contributed by atoms with van der Waals surface area (Å²) in [6.07, 6.45) is -1.43. The first-order chi connectivity index (χ1) is 14.2. The predicted octanol–water partition coefficient (Wildman–Crippen LogP) is 3.28. The van der Waals surface area contributed by atoms with Crippen molar-refractivity contribution in [1.82, 2.24) is 5.32 Å². The minimum atomic E-state index is -1.09. The van der Waals surface area contributed by atoms with E-state index in [9.17, 15) is 19.7 Å². The third-order valence-corrected chi connectivity index (χ3v) is 6.58. The third kappa shape index (κ3) is 7.28. The highest BCUT2D eigenvalue weighted by molar-refractivity contribution is 7.99. The van der Waals surface area contributed by atoms with E-state index in [0.29, 0.717) is 10.6 Å². The highest BCUT2D eigenvalue weighted by Gasteiger charge is 2.27. The minimum absolute atomic E-state index is 0.0599. The van der Waals surface area contributed by atoms with Gasteiger partial charge >= 0.3 is 0 Å². The molecule has 2 aromatic rings. The van der Waals surface area contributed by atoms with E-state index >= 15 is 0 Å². The Bertz CT molecular complexity index is 817. The average molecular weight is 497 g/mol. The van der Waals surface area contributed by atoms with Gasteiger partial charge in [0.1, 0.15) is 17.6 Å². The normalized spacial score (nSPS) is 16.2. The molecule has 0 radical (unpaired) electrons. The fourth-order valence-electron chi connectivity index (χ4n) is 2.31. The lowest BCUT2D eigenvalue weighted by molar-refractivity contribution is -0.0933. The molecular formula is C19H23Cl2FN2O4S2. The zero-order valence-corrected chi connectivity index (χ0v) is 19.1. The van der Waals surface area contributed by atoms with Crippen LogP contribution in [-0.2, 0) is 4.74 Å². The molecule has 0 bridgehead atoms. The van der Waals surface area contributed by atoms with Gasteiger partial charge in [0.05, 0.1) is 33.3 Å². The van der Waals surface area contributed by atoms with Gasteiger partial charge in [-0.25, -0.2) is 4.39 Å². The van der Waals surface area contributed by atoms with Crippen LogP contribution in [0.1, 0.15) is 11.8 Å². The lowest BCUT2D eigenvalue weighted by atomic mass is 10.2. The number of thiophene rings is 1. The lowest BCUT2D eigenvalue weighted by Crippen LogP contribution is -2.41. The van der Waals surface area contributed by atoms with Gasteiger partial charge in [-0.1, -0.05) is 41.0 Å². The van der Waals surface area contributed by atoms with E-state index in [1.807, 2.05) is 17.5 Å². The van der Waals surface area contributed by atoms with Crippen molar-refractivity contribution in [3.63, 3.8) is 0 Å². The molecule has 1 heterocycles. The Labute approximate surface area is 192 Å². The highest BCUT2D eigenvalue weighted by Crippen LogP contribution is 2.34. The zero-order valence-electron chi connectivity index (χ0n) is 16.0. The van der Waals surface area contributed by atoms with Gasteiger partial charge in [0.2, 0.25) is 0 Å². The van der Waals surface area contributed by atoms with Gasteiger partial charge in [0, 0.05) is 17.6 Å². The van der Waals surface area contributed by atoms with Crippen LogP contribution in [-0.4, -0.2) is 52.2 Å². The summed E-state index contributed by atoms with van der Waals surface area (Å²) in [4.78, 5) is 1.33. The number of aliphatic hydroxyl groups is 3. The number of rotatable bonds is 11. The standard InChI is InChI=1S/C19H23Cl2FN2O4S2/c1-10(26)16(9-25)28-19(30-11-5-12(20)18(22)13(21)6-11)15(27)8-24-7-14(23)17-3-2-4-29-17/h2-7,10,15-16,19,24-27H,8-9,23H2,1H3/b14-7-. The number of hydrogen-bond donors (Lipinski definition) is 5. The van der Waals surface area contributed by atoms with E-state index in [-0.39, 0.29) is 16.6 Å². The van der Waals surface area contributed by atoms with Gasteiger partial charge < -0.3 is 31.1 Å². The number of aliphatic hydroxyl groups excluding tert-OH is 3. The Kier molecular flexibility index (Phi) is 10.2. The summed E-state index contributed by atoms with van der Waals surface area (Å²) in [5, 5.41) is 34.4. The fraction of sp³-hybridized carbons (Fsp3) is 0.368. The van der Waals surface area contributed by atoms with Crippen LogP contribution < -0.4 is 11.1 Å². The van der Waals surface area contributed by atoms with E-state index in [1.165, 1.54) is 30.4 Å². The molecule has 0 fully saturated rings. The first kappa shape index (κ1) is 25.2. The van der Waals surface area contributed by atoms with Crippen molar-refractivity contribution in [2.24, 2.45) is 5.73 Å². The fourth-order valence-corrected chi connectivity index (χ4v) is 4.68. The van der Waals surface area contributed by atoms with Crippen LogP contribution in [0.3, 0.4) is 0 Å². The van der Waals surface area contributed by atoms with Crippen molar-refractivity contribution in [1.29, 1.82) is 0 Å². The lowest BCUT2D eigenvalue weighted by Gasteiger charge is -2.28. The molecule has 0 aliphatic carbocycles. The summed E-state index contributed by atoms with van der Waals surface area (Å²) < 4.78 is 19.4. The van der Waals surface area contributed by atoms with Crippen molar-refractivity contribution in [2.75, 3.05) is 13.2 Å². The van der Waals surface area contributed by atoms with Gasteiger partial charge in [-0.05, 0) is 30.5 Å². The summed E-state index contributed by atoms with van der Waals surface area (Å²) in [7, 11) is 0. The number of halogens is 3. The second kappa shape index (κ2) is 12.1. The van der Waals surface area contributed by atoms with E-state index in [0.717, 1.165) is 16.6 Å². The van der Waals surface area contributed by atoms with Crippen molar-refractivity contribution in [2.45, 2.75) is 35.6 Å². The average Bonchev–Trinajstić information content (AvgIpc) is 3.23. The molecule has 0 spiro atoms. The van der Waals surface area contributed by atoms with Crippen LogP contribution in [0.5, 0.6) is 0 Å². The van der Waals surface area contributed by atoms with E-state index in [2.05, 4.69) is 5.32 Å². The molecule has 2 rings (SSSR count). The summed E-state index contributed by atoms with van der Waals surface area (Å²) in [6.45, 7) is 1.07. The molecular weight excluding hydrogens is 474 g/mol. The quantitative estimate of drug-likeness (QED) is 0.184.